The number of carbonyl (C=O) groups is 2. The monoisotopic (exact) mass is 634 g/mol. The molecule has 11 heteroatoms. The number of anilines is 2. The van der Waals surface area contributed by atoms with Crippen LogP contribution in [0.4, 0.5) is 24.8 Å². The number of alkyl halides is 1. The van der Waals surface area contributed by atoms with Crippen LogP contribution in [-0.4, -0.2) is 36.8 Å². The first kappa shape index (κ1) is 29.0. The van der Waals surface area contributed by atoms with E-state index in [9.17, 15) is 18.4 Å². The SMILES string of the molecule is Cc1c(F)cccc1-c1ccc2nc(NC(=O)C3(C4(C(=O)Nc5cn6cc(-c7cccc(F)c7C)ccc6n5)CC4F)CC3)cn2c1. The van der Waals surface area contributed by atoms with E-state index in [1.807, 2.05) is 24.3 Å². The number of amides is 2. The fraction of sp³-hybridized carbons (Fsp3) is 0.222. The standard InChI is InChI=1S/C36H29F3N6O2/c1-20-24(5-3-7-26(20)37)22-9-11-31-40-29(18-44(31)16-22)42-33(46)35(13-14-35)36(15-28(36)39)34(47)43-30-19-45-17-23(10-12-32(45)41-30)25-6-4-8-27(38)21(25)2/h3-12,16-19,28H,13-15H2,1-2H3,(H,42,46)(H,43,47). The molecule has 4 aromatic heterocycles. The summed E-state index contributed by atoms with van der Waals surface area (Å²) < 4.78 is 47.0. The Morgan fingerprint density at radius 3 is 1.64 bits per heavy atom. The first-order chi connectivity index (χ1) is 22.6. The fourth-order valence-corrected chi connectivity index (χ4v) is 6.90. The third-order valence-electron chi connectivity index (χ3n) is 9.86. The van der Waals surface area contributed by atoms with Crippen LogP contribution in [-0.2, 0) is 9.59 Å². The van der Waals surface area contributed by atoms with Gasteiger partial charge in [0.15, 0.2) is 11.6 Å². The summed E-state index contributed by atoms with van der Waals surface area (Å²) in [6, 6.07) is 17.0. The smallest absolute Gasteiger partial charge is 0.235 e. The number of fused-ring (bicyclic) bond motifs is 2. The van der Waals surface area contributed by atoms with Crippen molar-refractivity contribution in [2.75, 3.05) is 10.6 Å². The zero-order chi connectivity index (χ0) is 32.7. The number of aromatic nitrogens is 4. The lowest BCUT2D eigenvalue weighted by atomic mass is 9.83. The van der Waals surface area contributed by atoms with Gasteiger partial charge in [-0.3, -0.25) is 9.59 Å². The van der Waals surface area contributed by atoms with Crippen molar-refractivity contribution in [3.63, 3.8) is 0 Å². The van der Waals surface area contributed by atoms with E-state index in [1.165, 1.54) is 12.1 Å². The molecule has 0 spiro atoms. The van der Waals surface area contributed by atoms with Crippen LogP contribution in [0.5, 0.6) is 0 Å². The van der Waals surface area contributed by atoms with Gasteiger partial charge in [-0.15, -0.1) is 0 Å². The average molecular weight is 635 g/mol. The van der Waals surface area contributed by atoms with Crippen molar-refractivity contribution in [3.8, 4) is 22.3 Å². The first-order valence-electron chi connectivity index (χ1n) is 15.4. The summed E-state index contributed by atoms with van der Waals surface area (Å²) in [4.78, 5) is 36.4. The molecule has 0 saturated heterocycles. The second kappa shape index (κ2) is 10.3. The zero-order valence-electron chi connectivity index (χ0n) is 25.5. The average Bonchev–Trinajstić information content (AvgIpc) is 3.90. The van der Waals surface area contributed by atoms with Crippen molar-refractivity contribution in [2.24, 2.45) is 10.8 Å². The Hall–Kier alpha value is -5.45. The van der Waals surface area contributed by atoms with E-state index in [4.69, 9.17) is 0 Å². The maximum atomic E-state index is 15.2. The summed E-state index contributed by atoms with van der Waals surface area (Å²) in [5.41, 5.74) is 2.45. The molecule has 4 heterocycles. The predicted molar refractivity (Wildman–Crippen MR) is 172 cm³/mol. The van der Waals surface area contributed by atoms with Gasteiger partial charge in [0, 0.05) is 12.4 Å². The van der Waals surface area contributed by atoms with Crippen LogP contribution in [0.1, 0.15) is 30.4 Å². The summed E-state index contributed by atoms with van der Waals surface area (Å²) in [6.07, 6.45) is 6.04. The van der Waals surface area contributed by atoms with Gasteiger partial charge in [0.2, 0.25) is 11.8 Å². The number of nitrogens with zero attached hydrogens (tertiary/aromatic N) is 4. The third kappa shape index (κ3) is 4.51. The van der Waals surface area contributed by atoms with Gasteiger partial charge in [-0.1, -0.05) is 24.3 Å². The van der Waals surface area contributed by atoms with E-state index >= 15 is 4.39 Å². The molecule has 6 aromatic rings. The van der Waals surface area contributed by atoms with Crippen LogP contribution >= 0.6 is 0 Å². The minimum Gasteiger partial charge on any atom is -0.309 e. The largest absolute Gasteiger partial charge is 0.309 e. The Balaban J connectivity index is 1.02. The highest BCUT2D eigenvalue weighted by Crippen LogP contribution is 2.72. The van der Waals surface area contributed by atoms with Gasteiger partial charge in [-0.05, 0) is 103 Å². The molecule has 2 unspecified atom stereocenters. The van der Waals surface area contributed by atoms with E-state index in [0.717, 1.165) is 22.3 Å². The molecule has 2 aromatic carbocycles. The second-order valence-corrected chi connectivity index (χ2v) is 12.6. The highest BCUT2D eigenvalue weighted by molar-refractivity contribution is 6.07. The quantitative estimate of drug-likeness (QED) is 0.193. The molecule has 2 atom stereocenters. The number of pyridine rings is 2. The molecule has 2 aliphatic rings. The molecule has 2 N–H and O–H groups in total. The van der Waals surface area contributed by atoms with Gasteiger partial charge in [0.1, 0.15) is 29.1 Å². The molecule has 236 valence electrons. The Labute approximate surface area is 267 Å². The number of halogens is 3. The van der Waals surface area contributed by atoms with Gasteiger partial charge < -0.3 is 19.4 Å². The Morgan fingerprint density at radius 1 is 0.723 bits per heavy atom. The van der Waals surface area contributed by atoms with Gasteiger partial charge in [0.05, 0.1) is 23.2 Å². The Morgan fingerprint density at radius 2 is 1.19 bits per heavy atom. The summed E-state index contributed by atoms with van der Waals surface area (Å²) in [7, 11) is 0. The Kier molecular flexibility index (Phi) is 6.34. The van der Waals surface area contributed by atoms with Crippen molar-refractivity contribution in [1.82, 2.24) is 18.8 Å². The van der Waals surface area contributed by atoms with Gasteiger partial charge >= 0.3 is 0 Å². The molecule has 2 fully saturated rings. The summed E-state index contributed by atoms with van der Waals surface area (Å²) in [5.74, 6) is -1.16. The molecular formula is C36H29F3N6O2. The number of rotatable bonds is 7. The molecule has 2 saturated carbocycles. The highest BCUT2D eigenvalue weighted by Gasteiger charge is 2.79. The lowest BCUT2D eigenvalue weighted by molar-refractivity contribution is -0.133. The van der Waals surface area contributed by atoms with Crippen LogP contribution < -0.4 is 10.6 Å². The normalized spacial score (nSPS) is 19.6. The highest BCUT2D eigenvalue weighted by atomic mass is 19.1. The number of imidazole rings is 2. The van der Waals surface area contributed by atoms with E-state index in [-0.39, 0.29) is 29.7 Å². The molecule has 8 rings (SSSR count). The maximum absolute atomic E-state index is 15.2. The summed E-state index contributed by atoms with van der Waals surface area (Å²) in [6.45, 7) is 3.42. The van der Waals surface area contributed by atoms with Crippen LogP contribution in [0.15, 0.2) is 85.5 Å². The summed E-state index contributed by atoms with van der Waals surface area (Å²) in [5, 5.41) is 5.59. The van der Waals surface area contributed by atoms with E-state index in [2.05, 4.69) is 20.6 Å². The molecular weight excluding hydrogens is 605 g/mol. The molecule has 0 radical (unpaired) electrons. The maximum Gasteiger partial charge on any atom is 0.235 e. The van der Waals surface area contributed by atoms with Crippen molar-refractivity contribution in [3.05, 3.63) is 108 Å². The third-order valence-corrected chi connectivity index (χ3v) is 9.86. The van der Waals surface area contributed by atoms with Gasteiger partial charge in [0.25, 0.3) is 0 Å². The topological polar surface area (TPSA) is 92.8 Å². The zero-order valence-corrected chi connectivity index (χ0v) is 25.5. The van der Waals surface area contributed by atoms with Crippen LogP contribution in [0, 0.1) is 36.3 Å². The first-order valence-corrected chi connectivity index (χ1v) is 15.4. The predicted octanol–water partition coefficient (Wildman–Crippen LogP) is 7.30. The molecule has 2 amide bonds. The molecule has 8 nitrogen and oxygen atoms in total. The van der Waals surface area contributed by atoms with E-state index in [0.29, 0.717) is 35.3 Å². The Bertz CT molecular complexity index is 2270. The van der Waals surface area contributed by atoms with E-state index in [1.54, 1.807) is 71.7 Å². The lowest BCUT2D eigenvalue weighted by Gasteiger charge is -2.24. The second-order valence-electron chi connectivity index (χ2n) is 12.6. The fourth-order valence-electron chi connectivity index (χ4n) is 6.90. The van der Waals surface area contributed by atoms with Crippen molar-refractivity contribution in [1.29, 1.82) is 0 Å². The number of nitrogens with one attached hydrogen (secondary N) is 2. The van der Waals surface area contributed by atoms with E-state index < -0.39 is 28.8 Å². The molecule has 0 aliphatic heterocycles. The lowest BCUT2D eigenvalue weighted by Crippen LogP contribution is -2.42. The van der Waals surface area contributed by atoms with Crippen LogP contribution in [0.3, 0.4) is 0 Å². The summed E-state index contributed by atoms with van der Waals surface area (Å²) >= 11 is 0. The van der Waals surface area contributed by atoms with Crippen molar-refractivity contribution >= 4 is 34.7 Å². The van der Waals surface area contributed by atoms with Crippen molar-refractivity contribution in [2.45, 2.75) is 39.3 Å². The van der Waals surface area contributed by atoms with Gasteiger partial charge in [-0.25, -0.2) is 23.1 Å². The van der Waals surface area contributed by atoms with Crippen molar-refractivity contribution < 1.29 is 22.8 Å². The minimum atomic E-state index is -1.52. The number of benzene rings is 2. The molecule has 47 heavy (non-hydrogen) atoms. The number of carbonyl (C=O) groups excluding carboxylic acids is 2. The minimum absolute atomic E-state index is 0.0653. The number of hydrogen-bond donors (Lipinski definition) is 2. The van der Waals surface area contributed by atoms with Gasteiger partial charge in [-0.2, -0.15) is 0 Å². The number of hydrogen-bond acceptors (Lipinski definition) is 4. The molecule has 0 bridgehead atoms. The van der Waals surface area contributed by atoms with Crippen LogP contribution in [0.2, 0.25) is 0 Å². The van der Waals surface area contributed by atoms with Crippen LogP contribution in [0.25, 0.3) is 33.5 Å². The molecule has 2 aliphatic carbocycles.